The molecule has 2 atom stereocenters. The van der Waals surface area contributed by atoms with Gasteiger partial charge in [-0.25, -0.2) is 0 Å². The molecular weight excluding hydrogens is 660 g/mol. The molecule has 4 rings (SSSR count). The second-order valence-corrected chi connectivity index (χ2v) is 11.3. The molecule has 0 amide bonds. The lowest BCUT2D eigenvalue weighted by Gasteiger charge is -2.06. The summed E-state index contributed by atoms with van der Waals surface area (Å²) >= 11 is 0. The van der Waals surface area contributed by atoms with Gasteiger partial charge in [0.05, 0.1) is 77.3 Å². The number of allylic oxidation sites excluding steroid dienone is 4. The number of aldehydes is 4. The Kier molecular flexibility index (Phi) is 24.8. The Morgan fingerprint density at radius 1 is 0.520 bits per heavy atom. The van der Waals surface area contributed by atoms with Gasteiger partial charge in [-0.05, 0) is 38.5 Å². The smallest absolute Gasteiger partial charge is 0.309 e. The van der Waals surface area contributed by atoms with Gasteiger partial charge in [0.1, 0.15) is 25.1 Å². The van der Waals surface area contributed by atoms with Crippen molar-refractivity contribution < 1.29 is 71.6 Å². The molecule has 280 valence electrons. The number of carbonyl (C=O) groups excluding carboxylic acids is 9. The van der Waals surface area contributed by atoms with Crippen LogP contribution in [0.2, 0.25) is 0 Å². The zero-order chi connectivity index (χ0) is 37.9. The van der Waals surface area contributed by atoms with E-state index in [1.165, 1.54) is 35.5 Å². The number of rotatable bonds is 13. The van der Waals surface area contributed by atoms with E-state index in [2.05, 4.69) is 23.7 Å². The van der Waals surface area contributed by atoms with Crippen molar-refractivity contribution in [1.82, 2.24) is 0 Å². The van der Waals surface area contributed by atoms with Crippen LogP contribution in [0.4, 0.5) is 0 Å². The summed E-state index contributed by atoms with van der Waals surface area (Å²) in [6.07, 6.45) is 16.6. The predicted molar refractivity (Wildman–Crippen MR) is 175 cm³/mol. The van der Waals surface area contributed by atoms with Crippen LogP contribution in [0.3, 0.4) is 0 Å². The van der Waals surface area contributed by atoms with Gasteiger partial charge in [-0.2, -0.15) is 0 Å². The first kappa shape index (κ1) is 45.5. The van der Waals surface area contributed by atoms with Crippen LogP contribution in [0, 0.1) is 29.6 Å². The van der Waals surface area contributed by atoms with Gasteiger partial charge < -0.3 is 47.6 Å². The highest BCUT2D eigenvalue weighted by atomic mass is 16.6. The van der Waals surface area contributed by atoms with E-state index in [9.17, 15) is 43.2 Å². The van der Waals surface area contributed by atoms with Crippen LogP contribution in [-0.2, 0) is 71.6 Å². The molecule has 1 saturated heterocycles. The van der Waals surface area contributed by atoms with Crippen LogP contribution >= 0.6 is 0 Å². The molecule has 0 N–H and O–H groups in total. The van der Waals surface area contributed by atoms with Crippen LogP contribution in [0.25, 0.3) is 0 Å². The first-order chi connectivity index (χ1) is 24.0. The van der Waals surface area contributed by atoms with Crippen molar-refractivity contribution in [2.45, 2.75) is 76.4 Å². The molecule has 1 saturated carbocycles. The molecule has 0 aromatic rings. The van der Waals surface area contributed by atoms with Crippen LogP contribution in [0.1, 0.15) is 64.2 Å². The minimum absolute atomic E-state index is 0.0470. The second kappa shape index (κ2) is 27.3. The molecule has 15 nitrogen and oxygen atoms in total. The normalized spacial score (nSPS) is 19.2. The van der Waals surface area contributed by atoms with Crippen molar-refractivity contribution in [2.75, 3.05) is 35.5 Å². The number of ether oxygens (including phenoxy) is 6. The fourth-order valence-electron chi connectivity index (χ4n) is 4.94. The lowest BCUT2D eigenvalue weighted by molar-refractivity contribution is -0.147. The van der Waals surface area contributed by atoms with Gasteiger partial charge >= 0.3 is 29.8 Å². The number of esters is 5. The van der Waals surface area contributed by atoms with Crippen molar-refractivity contribution >= 4 is 55.0 Å². The number of hydrogen-bond acceptors (Lipinski definition) is 15. The molecule has 0 spiro atoms. The van der Waals surface area contributed by atoms with E-state index < -0.39 is 23.8 Å². The molecule has 1 aliphatic heterocycles. The quantitative estimate of drug-likeness (QED) is 0.0883. The van der Waals surface area contributed by atoms with E-state index in [0.717, 1.165) is 38.5 Å². The van der Waals surface area contributed by atoms with Crippen LogP contribution < -0.4 is 0 Å². The van der Waals surface area contributed by atoms with Crippen LogP contribution in [0.5, 0.6) is 0 Å². The molecule has 1 heterocycles. The van der Waals surface area contributed by atoms with E-state index in [1.54, 1.807) is 0 Å². The minimum atomic E-state index is -0.602. The van der Waals surface area contributed by atoms with Crippen molar-refractivity contribution in [3.05, 3.63) is 24.3 Å². The summed E-state index contributed by atoms with van der Waals surface area (Å²) in [7, 11) is 6.75. The Morgan fingerprint density at radius 3 is 1.04 bits per heavy atom. The Balaban J connectivity index is 0.000000601. The fraction of sp³-hybridized carbons (Fsp3) is 0.629. The van der Waals surface area contributed by atoms with E-state index in [0.29, 0.717) is 37.4 Å². The van der Waals surface area contributed by atoms with E-state index >= 15 is 0 Å². The molecule has 50 heavy (non-hydrogen) atoms. The number of methoxy groups -OCH3 is 5. The van der Waals surface area contributed by atoms with Crippen LogP contribution in [-0.4, -0.2) is 103 Å². The SMILES string of the molecule is COC(=O)C(CC=O)CC=O.COC(=O)C(CC=O)CC=O.COC(=O)C1CC2OC2C1.COC(=O)C1CC=CC1.COC(=O)C1CC=CC1. The average molecular weight is 711 g/mol. The maximum absolute atomic E-state index is 10.9. The highest BCUT2D eigenvalue weighted by Gasteiger charge is 2.50. The zero-order valence-electron chi connectivity index (χ0n) is 29.4. The van der Waals surface area contributed by atoms with Crippen LogP contribution in [0.15, 0.2) is 24.3 Å². The van der Waals surface area contributed by atoms with E-state index in [4.69, 9.17) is 4.74 Å². The van der Waals surface area contributed by atoms with Crippen molar-refractivity contribution in [3.8, 4) is 0 Å². The Labute approximate surface area is 292 Å². The second-order valence-electron chi connectivity index (χ2n) is 11.3. The van der Waals surface area contributed by atoms with Crippen molar-refractivity contribution in [3.63, 3.8) is 0 Å². The molecule has 0 bridgehead atoms. The third-order valence-electron chi connectivity index (χ3n) is 7.93. The van der Waals surface area contributed by atoms with Crippen molar-refractivity contribution in [1.29, 1.82) is 0 Å². The Morgan fingerprint density at radius 2 is 0.800 bits per heavy atom. The fourth-order valence-corrected chi connectivity index (χ4v) is 4.94. The highest BCUT2D eigenvalue weighted by Crippen LogP contribution is 2.42. The lowest BCUT2D eigenvalue weighted by Crippen LogP contribution is -2.17. The first-order valence-electron chi connectivity index (χ1n) is 16.1. The highest BCUT2D eigenvalue weighted by molar-refractivity contribution is 5.79. The van der Waals surface area contributed by atoms with E-state index in [-0.39, 0.29) is 61.3 Å². The Hall–Kier alpha value is -4.53. The third-order valence-corrected chi connectivity index (χ3v) is 7.93. The summed E-state index contributed by atoms with van der Waals surface area (Å²) in [6, 6.07) is 0. The summed E-state index contributed by atoms with van der Waals surface area (Å²) in [5.74, 6) is -2.13. The molecule has 0 aromatic heterocycles. The summed E-state index contributed by atoms with van der Waals surface area (Å²) < 4.78 is 27.6. The van der Waals surface area contributed by atoms with Gasteiger partial charge in [0.2, 0.25) is 0 Å². The summed E-state index contributed by atoms with van der Waals surface area (Å²) in [5, 5.41) is 0. The summed E-state index contributed by atoms with van der Waals surface area (Å²) in [6.45, 7) is 0. The molecule has 4 aliphatic rings. The third kappa shape index (κ3) is 18.3. The van der Waals surface area contributed by atoms with Gasteiger partial charge in [-0.3, -0.25) is 24.0 Å². The van der Waals surface area contributed by atoms with Gasteiger partial charge in [0, 0.05) is 25.7 Å². The lowest BCUT2D eigenvalue weighted by atomic mass is 10.0. The minimum Gasteiger partial charge on any atom is -0.469 e. The predicted octanol–water partition coefficient (Wildman–Crippen LogP) is 2.50. The molecule has 15 heteroatoms. The monoisotopic (exact) mass is 710 g/mol. The Bertz CT molecular complexity index is 1040. The maximum atomic E-state index is 10.9. The summed E-state index contributed by atoms with van der Waals surface area (Å²) in [5.41, 5.74) is 0. The molecule has 2 unspecified atom stereocenters. The standard InChI is InChI=1S/2C7H10O4.C7H10O3.2C7H10O2/c2*1-11-7(10)6(2-4-8)3-5-9;1-9-7(8)4-2-5-6(3-4)10-5;2*1-9-7(8)6-4-2-3-5-6/h2*4-6H,2-3H2,1H3;4-6H,2-3H2,1H3;2*2-3,6H,4-5H2,1H3. The largest absolute Gasteiger partial charge is 0.469 e. The first-order valence-corrected chi connectivity index (χ1v) is 16.1. The maximum Gasteiger partial charge on any atom is 0.309 e. The molecule has 0 aromatic carbocycles. The number of fused-ring (bicyclic) bond motifs is 1. The number of carbonyl (C=O) groups is 9. The molecular formula is C35H50O15. The molecule has 2 fully saturated rings. The van der Waals surface area contributed by atoms with Gasteiger partial charge in [-0.1, -0.05) is 24.3 Å². The number of epoxide rings is 1. The van der Waals surface area contributed by atoms with Gasteiger partial charge in [0.15, 0.2) is 0 Å². The summed E-state index contributed by atoms with van der Waals surface area (Å²) in [4.78, 5) is 93.9. The average Bonchev–Trinajstić information content (AvgIpc) is 3.64. The van der Waals surface area contributed by atoms with Crippen molar-refractivity contribution in [2.24, 2.45) is 29.6 Å². The topological polar surface area (TPSA) is 212 Å². The molecule has 3 aliphatic carbocycles. The number of hydrogen-bond donors (Lipinski definition) is 0. The zero-order valence-corrected chi connectivity index (χ0v) is 29.4. The van der Waals surface area contributed by atoms with Gasteiger partial charge in [-0.15, -0.1) is 0 Å². The molecule has 0 radical (unpaired) electrons. The van der Waals surface area contributed by atoms with E-state index in [1.807, 2.05) is 24.3 Å². The van der Waals surface area contributed by atoms with Gasteiger partial charge in [0.25, 0.3) is 0 Å².